The van der Waals surface area contributed by atoms with Crippen molar-refractivity contribution >= 4 is 15.8 Å². The zero-order valence-electron chi connectivity index (χ0n) is 10.00. The first-order chi connectivity index (χ1) is 8.37. The molecular weight excluding hydrogens is 258 g/mol. The summed E-state index contributed by atoms with van der Waals surface area (Å²) in [5.41, 5.74) is -0.569. The number of carboxylic acids is 1. The van der Waals surface area contributed by atoms with Crippen LogP contribution in [0.1, 0.15) is 23.8 Å². The molecule has 100 valence electrons. The molecule has 0 aromatic carbocycles. The maximum Gasteiger partial charge on any atom is 0.352 e. The van der Waals surface area contributed by atoms with Gasteiger partial charge in [0.2, 0.25) is 0 Å². The predicted octanol–water partition coefficient (Wildman–Crippen LogP) is 0.371. The van der Waals surface area contributed by atoms with E-state index in [-0.39, 0.29) is 30.2 Å². The summed E-state index contributed by atoms with van der Waals surface area (Å²) >= 11 is 0. The molecule has 0 amide bonds. The first-order valence-electron chi connectivity index (χ1n) is 5.51. The fraction of sp³-hybridized carbons (Fsp3) is 0.455. The van der Waals surface area contributed by atoms with E-state index in [2.05, 4.69) is 0 Å². The number of rotatable bonds is 6. The van der Waals surface area contributed by atoms with Crippen LogP contribution in [-0.4, -0.2) is 35.6 Å². The maximum absolute atomic E-state index is 11.5. The van der Waals surface area contributed by atoms with Crippen LogP contribution in [0.15, 0.2) is 23.0 Å². The van der Waals surface area contributed by atoms with Crippen molar-refractivity contribution in [3.8, 4) is 0 Å². The van der Waals surface area contributed by atoms with Crippen LogP contribution in [0.2, 0.25) is 0 Å². The summed E-state index contributed by atoms with van der Waals surface area (Å²) in [6.45, 7) is 1.63. The molecule has 0 aliphatic rings. The Kier molecular flexibility index (Phi) is 4.66. The van der Waals surface area contributed by atoms with E-state index in [0.29, 0.717) is 0 Å². The zero-order chi connectivity index (χ0) is 13.8. The molecule has 0 saturated carbocycles. The molecule has 1 N–H and O–H groups in total. The number of aromatic nitrogens is 1. The van der Waals surface area contributed by atoms with Gasteiger partial charge in [-0.05, 0) is 12.5 Å². The number of carboxylic acid groups (broad SMARTS) is 1. The third-order valence-corrected chi connectivity index (χ3v) is 4.34. The number of aromatic carboxylic acids is 1. The number of pyridine rings is 1. The lowest BCUT2D eigenvalue weighted by Gasteiger charge is -2.09. The molecule has 0 aliphatic carbocycles. The SMILES string of the molecule is CCS(=O)(=O)CCCn1c(C(=O)O)cccc1=O. The van der Waals surface area contributed by atoms with E-state index in [1.807, 2.05) is 0 Å². The Hall–Kier alpha value is -1.63. The van der Waals surface area contributed by atoms with E-state index < -0.39 is 21.4 Å². The minimum atomic E-state index is -3.10. The predicted molar refractivity (Wildman–Crippen MR) is 66.6 cm³/mol. The van der Waals surface area contributed by atoms with E-state index >= 15 is 0 Å². The van der Waals surface area contributed by atoms with Crippen LogP contribution in [0.5, 0.6) is 0 Å². The highest BCUT2D eigenvalue weighted by Gasteiger charge is 2.12. The van der Waals surface area contributed by atoms with Gasteiger partial charge in [-0.15, -0.1) is 0 Å². The fourth-order valence-electron chi connectivity index (χ4n) is 1.52. The molecule has 1 rings (SSSR count). The Bertz CT molecular complexity index is 588. The average Bonchev–Trinajstić information content (AvgIpc) is 2.30. The lowest BCUT2D eigenvalue weighted by atomic mass is 10.3. The second kappa shape index (κ2) is 5.81. The largest absolute Gasteiger partial charge is 0.477 e. The van der Waals surface area contributed by atoms with Gasteiger partial charge >= 0.3 is 5.97 Å². The van der Waals surface area contributed by atoms with Crippen LogP contribution in [0.4, 0.5) is 0 Å². The van der Waals surface area contributed by atoms with Crippen molar-refractivity contribution in [2.45, 2.75) is 19.9 Å². The average molecular weight is 273 g/mol. The molecule has 1 aromatic heterocycles. The summed E-state index contributed by atoms with van der Waals surface area (Å²) in [7, 11) is -3.10. The zero-order valence-corrected chi connectivity index (χ0v) is 10.8. The van der Waals surface area contributed by atoms with Crippen molar-refractivity contribution in [2.75, 3.05) is 11.5 Å². The summed E-state index contributed by atoms with van der Waals surface area (Å²) in [6, 6.07) is 3.93. The first kappa shape index (κ1) is 14.4. The van der Waals surface area contributed by atoms with Gasteiger partial charge in [-0.25, -0.2) is 13.2 Å². The van der Waals surface area contributed by atoms with Crippen molar-refractivity contribution < 1.29 is 18.3 Å². The Morgan fingerprint density at radius 2 is 2.06 bits per heavy atom. The van der Waals surface area contributed by atoms with Gasteiger partial charge in [-0.3, -0.25) is 4.79 Å². The molecule has 0 atom stereocenters. The summed E-state index contributed by atoms with van der Waals surface area (Å²) in [6.07, 6.45) is 0.223. The number of hydrogen-bond donors (Lipinski definition) is 1. The smallest absolute Gasteiger partial charge is 0.352 e. The molecule has 18 heavy (non-hydrogen) atoms. The third-order valence-electron chi connectivity index (χ3n) is 2.55. The molecule has 0 spiro atoms. The quantitative estimate of drug-likeness (QED) is 0.808. The van der Waals surface area contributed by atoms with Crippen molar-refractivity contribution in [2.24, 2.45) is 0 Å². The topological polar surface area (TPSA) is 93.4 Å². The first-order valence-corrected chi connectivity index (χ1v) is 7.33. The second-order valence-electron chi connectivity index (χ2n) is 3.80. The second-order valence-corrected chi connectivity index (χ2v) is 6.27. The number of carbonyl (C=O) groups is 1. The van der Waals surface area contributed by atoms with Crippen molar-refractivity contribution in [3.05, 3.63) is 34.2 Å². The molecule has 0 radical (unpaired) electrons. The number of sulfone groups is 1. The lowest BCUT2D eigenvalue weighted by Crippen LogP contribution is -2.26. The molecule has 0 saturated heterocycles. The third kappa shape index (κ3) is 3.69. The fourth-order valence-corrected chi connectivity index (χ4v) is 2.38. The van der Waals surface area contributed by atoms with Crippen LogP contribution < -0.4 is 5.56 Å². The minimum absolute atomic E-state index is 0.0441. The van der Waals surface area contributed by atoms with Gasteiger partial charge in [-0.2, -0.15) is 0 Å². The van der Waals surface area contributed by atoms with Crippen LogP contribution in [0.3, 0.4) is 0 Å². The van der Waals surface area contributed by atoms with Crippen LogP contribution in [0.25, 0.3) is 0 Å². The summed E-state index contributed by atoms with van der Waals surface area (Å²) < 4.78 is 23.7. The molecule has 0 fully saturated rings. The van der Waals surface area contributed by atoms with Gasteiger partial charge in [0.25, 0.3) is 5.56 Å². The van der Waals surface area contributed by atoms with Crippen LogP contribution in [-0.2, 0) is 16.4 Å². The highest BCUT2D eigenvalue weighted by atomic mass is 32.2. The normalized spacial score (nSPS) is 11.4. The Balaban J connectivity index is 2.86. The number of hydrogen-bond acceptors (Lipinski definition) is 4. The Morgan fingerprint density at radius 3 is 2.61 bits per heavy atom. The van der Waals surface area contributed by atoms with Crippen molar-refractivity contribution in [1.82, 2.24) is 4.57 Å². The van der Waals surface area contributed by atoms with Crippen molar-refractivity contribution in [3.63, 3.8) is 0 Å². The Labute approximate surface area is 105 Å². The highest BCUT2D eigenvalue weighted by Crippen LogP contribution is 2.00. The molecule has 0 unspecified atom stereocenters. The monoisotopic (exact) mass is 273 g/mol. The molecule has 0 bridgehead atoms. The minimum Gasteiger partial charge on any atom is -0.477 e. The number of nitrogens with zero attached hydrogens (tertiary/aromatic N) is 1. The molecule has 6 nitrogen and oxygen atoms in total. The van der Waals surface area contributed by atoms with E-state index in [9.17, 15) is 18.0 Å². The summed E-state index contributed by atoms with van der Waals surface area (Å²) in [5, 5.41) is 8.92. The molecule has 7 heteroatoms. The van der Waals surface area contributed by atoms with Crippen LogP contribution >= 0.6 is 0 Å². The van der Waals surface area contributed by atoms with Gasteiger partial charge < -0.3 is 9.67 Å². The molecule has 1 heterocycles. The van der Waals surface area contributed by atoms with Gasteiger partial charge in [0.1, 0.15) is 15.5 Å². The molecule has 0 aliphatic heterocycles. The van der Waals surface area contributed by atoms with E-state index in [1.165, 1.54) is 18.2 Å². The van der Waals surface area contributed by atoms with Gasteiger partial charge in [0, 0.05) is 18.4 Å². The van der Waals surface area contributed by atoms with E-state index in [1.54, 1.807) is 6.92 Å². The Morgan fingerprint density at radius 1 is 1.39 bits per heavy atom. The van der Waals surface area contributed by atoms with Gasteiger partial charge in [-0.1, -0.05) is 13.0 Å². The maximum atomic E-state index is 11.5. The lowest BCUT2D eigenvalue weighted by molar-refractivity contribution is 0.0683. The highest BCUT2D eigenvalue weighted by molar-refractivity contribution is 7.91. The van der Waals surface area contributed by atoms with E-state index in [0.717, 1.165) is 4.57 Å². The van der Waals surface area contributed by atoms with Crippen LogP contribution in [0, 0.1) is 0 Å². The molecule has 1 aromatic rings. The van der Waals surface area contributed by atoms with Gasteiger partial charge in [0.15, 0.2) is 0 Å². The summed E-state index contributed by atoms with van der Waals surface area (Å²) in [4.78, 5) is 22.4. The van der Waals surface area contributed by atoms with Crippen molar-refractivity contribution in [1.29, 1.82) is 0 Å². The van der Waals surface area contributed by atoms with E-state index in [4.69, 9.17) is 5.11 Å². The van der Waals surface area contributed by atoms with Gasteiger partial charge in [0.05, 0.1) is 5.75 Å². The standard InChI is InChI=1S/C11H15NO5S/c1-2-18(16,17)8-4-7-12-9(11(14)15)5-3-6-10(12)13/h3,5-6H,2,4,7-8H2,1H3,(H,14,15). The summed E-state index contributed by atoms with van der Waals surface area (Å²) in [5.74, 6) is -1.21. The molecular formula is C11H15NO5S.